The number of fused-ring (bicyclic) bond motifs is 4. The molecule has 0 aromatic heterocycles. The van der Waals surface area contributed by atoms with Crippen LogP contribution in [-0.2, 0) is 6.42 Å². The molecule has 4 rings (SSSR count). The van der Waals surface area contributed by atoms with Gasteiger partial charge in [-0.2, -0.15) is 0 Å². The molecule has 0 N–H and O–H groups in total. The van der Waals surface area contributed by atoms with E-state index in [4.69, 9.17) is 0 Å². The van der Waals surface area contributed by atoms with Gasteiger partial charge in [0, 0.05) is 0 Å². The zero-order valence-corrected chi connectivity index (χ0v) is 9.48. The van der Waals surface area contributed by atoms with E-state index in [1.54, 1.807) is 0 Å². The van der Waals surface area contributed by atoms with Crippen LogP contribution in [0.5, 0.6) is 0 Å². The minimum absolute atomic E-state index is 1.06. The van der Waals surface area contributed by atoms with Crippen LogP contribution in [0, 0.1) is 10.4 Å². The molecule has 0 atom stereocenters. The third kappa shape index (κ3) is 1.18. The summed E-state index contributed by atoms with van der Waals surface area (Å²) in [6.07, 6.45) is 9.97. The third-order valence-corrected chi connectivity index (χ3v) is 3.68. The summed E-state index contributed by atoms with van der Waals surface area (Å²) in [7, 11) is 0. The Labute approximate surface area is 99.5 Å². The second kappa shape index (κ2) is 3.21. The maximum absolute atomic E-state index is 2.33. The lowest BCUT2D eigenvalue weighted by Gasteiger charge is -2.07. The van der Waals surface area contributed by atoms with Crippen molar-refractivity contribution in [3.05, 3.63) is 80.6 Å². The molecule has 17 heavy (non-hydrogen) atoms. The Hall–Kier alpha value is -2.08. The molecule has 80 valence electrons. The zero-order chi connectivity index (χ0) is 11.2. The molecule has 2 aliphatic rings. The largest absolute Gasteiger partial charge is 0.0801 e. The van der Waals surface area contributed by atoms with Crippen LogP contribution in [0.25, 0.3) is 12.2 Å². The molecule has 0 unspecified atom stereocenters. The van der Waals surface area contributed by atoms with E-state index in [9.17, 15) is 0 Å². The van der Waals surface area contributed by atoms with Crippen LogP contribution in [0.15, 0.2) is 48.6 Å². The maximum atomic E-state index is 2.33. The van der Waals surface area contributed by atoms with Gasteiger partial charge in [-0.15, -0.1) is 0 Å². The first kappa shape index (κ1) is 9.00. The fraction of sp³-hybridized carbons (Fsp3) is 0.0588. The molecule has 0 amide bonds. The summed E-state index contributed by atoms with van der Waals surface area (Å²) in [4.78, 5) is 0. The van der Waals surface area contributed by atoms with Crippen molar-refractivity contribution in [3.63, 3.8) is 0 Å². The van der Waals surface area contributed by atoms with E-state index >= 15 is 0 Å². The smallest absolute Gasteiger partial charge is 0.00822 e. The fourth-order valence-electron chi connectivity index (χ4n) is 2.85. The highest BCUT2D eigenvalue weighted by Gasteiger charge is 2.08. The Kier molecular flexibility index (Phi) is 1.70. The van der Waals surface area contributed by atoms with Crippen molar-refractivity contribution in [3.8, 4) is 0 Å². The van der Waals surface area contributed by atoms with Crippen LogP contribution in [0.3, 0.4) is 0 Å². The van der Waals surface area contributed by atoms with Gasteiger partial charge in [-0.3, -0.25) is 0 Å². The molecule has 0 heterocycles. The van der Waals surface area contributed by atoms with Gasteiger partial charge in [0.05, 0.1) is 0 Å². The average Bonchev–Trinajstić information content (AvgIpc) is 2.78. The van der Waals surface area contributed by atoms with Crippen molar-refractivity contribution in [2.45, 2.75) is 6.42 Å². The minimum atomic E-state index is 1.06. The zero-order valence-electron chi connectivity index (χ0n) is 9.48. The molecule has 2 aromatic rings. The summed E-state index contributed by atoms with van der Waals surface area (Å²) in [5, 5.41) is 5.49. The maximum Gasteiger partial charge on any atom is -0.00822 e. The topological polar surface area (TPSA) is 0 Å². The summed E-state index contributed by atoms with van der Waals surface area (Å²) >= 11 is 0. The molecule has 0 saturated heterocycles. The highest BCUT2D eigenvalue weighted by molar-refractivity contribution is 5.62. The lowest BCUT2D eigenvalue weighted by Crippen LogP contribution is -2.12. The van der Waals surface area contributed by atoms with Crippen molar-refractivity contribution < 1.29 is 0 Å². The van der Waals surface area contributed by atoms with Gasteiger partial charge in [-0.05, 0) is 44.5 Å². The van der Waals surface area contributed by atoms with E-state index in [0.29, 0.717) is 0 Å². The van der Waals surface area contributed by atoms with Gasteiger partial charge in [-0.1, -0.05) is 54.6 Å². The van der Waals surface area contributed by atoms with Crippen molar-refractivity contribution >= 4 is 12.2 Å². The highest BCUT2D eigenvalue weighted by Crippen LogP contribution is 2.15. The van der Waals surface area contributed by atoms with Crippen LogP contribution in [0.2, 0.25) is 0 Å². The molecule has 0 spiro atoms. The normalized spacial score (nSPS) is 14.4. The quantitative estimate of drug-likeness (QED) is 0.539. The van der Waals surface area contributed by atoms with E-state index < -0.39 is 0 Å². The first-order valence-corrected chi connectivity index (χ1v) is 6.03. The average molecular weight is 216 g/mol. The van der Waals surface area contributed by atoms with Crippen LogP contribution < -0.4 is 10.4 Å². The number of benzene rings is 2. The first-order chi connectivity index (χ1) is 8.43. The van der Waals surface area contributed by atoms with Gasteiger partial charge in [0.25, 0.3) is 0 Å². The van der Waals surface area contributed by atoms with E-state index in [2.05, 4.69) is 60.7 Å². The Bertz CT molecular complexity index is 852. The fourth-order valence-corrected chi connectivity index (χ4v) is 2.85. The molecule has 0 saturated carbocycles. The number of allylic oxidation sites excluding steroid dienone is 2. The van der Waals surface area contributed by atoms with Gasteiger partial charge in [0.2, 0.25) is 0 Å². The van der Waals surface area contributed by atoms with Crippen molar-refractivity contribution in [2.24, 2.45) is 0 Å². The molecule has 0 heteroatoms. The molecular weight excluding hydrogens is 204 g/mol. The summed E-state index contributed by atoms with van der Waals surface area (Å²) < 4.78 is 0. The van der Waals surface area contributed by atoms with Gasteiger partial charge >= 0.3 is 0 Å². The van der Waals surface area contributed by atoms with Gasteiger partial charge < -0.3 is 0 Å². The van der Waals surface area contributed by atoms with Crippen molar-refractivity contribution in [2.75, 3.05) is 0 Å². The molecule has 0 bridgehead atoms. The predicted molar refractivity (Wildman–Crippen MR) is 70.7 cm³/mol. The molecule has 0 fully saturated rings. The molecule has 2 aliphatic carbocycles. The first-order valence-electron chi connectivity index (χ1n) is 6.03. The summed E-state index contributed by atoms with van der Waals surface area (Å²) in [5.41, 5.74) is 2.89. The standard InChI is InChI=1S/C17H12/c1-3-7-14-12(5-1)9-10-16-15-8-4-2-6-13(15)11-17(14)16/h1-6,8-11H,7H2. The summed E-state index contributed by atoms with van der Waals surface area (Å²) in [6.45, 7) is 0. The van der Waals surface area contributed by atoms with Crippen molar-refractivity contribution in [1.82, 2.24) is 0 Å². The van der Waals surface area contributed by atoms with E-state index in [0.717, 1.165) is 6.42 Å². The van der Waals surface area contributed by atoms with Gasteiger partial charge in [0.15, 0.2) is 0 Å². The Morgan fingerprint density at radius 1 is 0.824 bits per heavy atom. The van der Waals surface area contributed by atoms with Crippen LogP contribution in [-0.4, -0.2) is 0 Å². The van der Waals surface area contributed by atoms with Gasteiger partial charge in [0.1, 0.15) is 0 Å². The molecule has 0 aliphatic heterocycles. The van der Waals surface area contributed by atoms with Crippen LogP contribution in [0.4, 0.5) is 0 Å². The lowest BCUT2D eigenvalue weighted by molar-refractivity contribution is 1.20. The third-order valence-electron chi connectivity index (χ3n) is 3.68. The van der Waals surface area contributed by atoms with Crippen LogP contribution >= 0.6 is 0 Å². The Balaban J connectivity index is 2.27. The van der Waals surface area contributed by atoms with Crippen LogP contribution in [0.1, 0.15) is 11.1 Å². The second-order valence-electron chi connectivity index (χ2n) is 4.63. The Morgan fingerprint density at radius 2 is 1.76 bits per heavy atom. The molecule has 0 nitrogen and oxygen atoms in total. The lowest BCUT2D eigenvalue weighted by atomic mass is 9.97. The number of rotatable bonds is 0. The predicted octanol–water partition coefficient (Wildman–Crippen LogP) is 2.01. The van der Waals surface area contributed by atoms with Crippen molar-refractivity contribution in [1.29, 1.82) is 0 Å². The number of hydrogen-bond acceptors (Lipinski definition) is 0. The van der Waals surface area contributed by atoms with E-state index in [1.165, 1.54) is 32.0 Å². The summed E-state index contributed by atoms with van der Waals surface area (Å²) in [6, 6.07) is 13.1. The Morgan fingerprint density at radius 3 is 2.76 bits per heavy atom. The highest BCUT2D eigenvalue weighted by atomic mass is 14.1. The molecule has 0 radical (unpaired) electrons. The minimum Gasteiger partial charge on any atom is -0.0801 e. The van der Waals surface area contributed by atoms with Gasteiger partial charge in [-0.25, -0.2) is 0 Å². The second-order valence-corrected chi connectivity index (χ2v) is 4.63. The van der Waals surface area contributed by atoms with E-state index in [-0.39, 0.29) is 0 Å². The summed E-state index contributed by atoms with van der Waals surface area (Å²) in [5.74, 6) is 0. The van der Waals surface area contributed by atoms with E-state index in [1.807, 2.05) is 0 Å². The molecule has 2 aromatic carbocycles. The molecular formula is C17H12. The SMILES string of the molecule is C1=CCc2c3c(ccc2=C1)=c1ccccc1=C3. The monoisotopic (exact) mass is 216 g/mol. The number of hydrogen-bond donors (Lipinski definition) is 0.